The maximum absolute atomic E-state index is 13.5. The predicted molar refractivity (Wildman–Crippen MR) is 146 cm³/mol. The number of amides is 2. The Morgan fingerprint density at radius 3 is 2.56 bits per heavy atom. The molecule has 2 aromatic rings. The van der Waals surface area contributed by atoms with Crippen molar-refractivity contribution < 1.29 is 19.5 Å². The number of hydrogen-bond donors (Lipinski definition) is 4. The highest BCUT2D eigenvalue weighted by Crippen LogP contribution is 2.43. The first-order valence-electron chi connectivity index (χ1n) is 12.4. The number of aliphatic carboxylic acids is 1. The summed E-state index contributed by atoms with van der Waals surface area (Å²) >= 11 is 2.41. The van der Waals surface area contributed by atoms with Gasteiger partial charge in [0.1, 0.15) is 0 Å². The van der Waals surface area contributed by atoms with Gasteiger partial charge < -0.3 is 21.5 Å². The van der Waals surface area contributed by atoms with Crippen LogP contribution in [0.3, 0.4) is 0 Å². The summed E-state index contributed by atoms with van der Waals surface area (Å²) in [5, 5.41) is 15.0. The lowest BCUT2D eigenvalue weighted by molar-refractivity contribution is -0.137. The molecule has 8 nitrogen and oxygen atoms in total. The van der Waals surface area contributed by atoms with E-state index in [-0.39, 0.29) is 41.0 Å². The van der Waals surface area contributed by atoms with Crippen molar-refractivity contribution in [2.45, 2.75) is 67.4 Å². The summed E-state index contributed by atoms with van der Waals surface area (Å²) < 4.78 is 0.219. The molecule has 4 unspecified atom stereocenters. The van der Waals surface area contributed by atoms with Crippen molar-refractivity contribution in [3.05, 3.63) is 66.0 Å². The van der Waals surface area contributed by atoms with E-state index in [2.05, 4.69) is 38.2 Å². The van der Waals surface area contributed by atoms with E-state index in [1.54, 1.807) is 6.20 Å². The van der Waals surface area contributed by atoms with Crippen LogP contribution in [0.25, 0.3) is 0 Å². The van der Waals surface area contributed by atoms with Crippen LogP contribution < -0.4 is 16.4 Å². The first kappa shape index (κ1) is 28.0. The predicted octanol–water partition coefficient (Wildman–Crippen LogP) is 3.54. The molecule has 36 heavy (non-hydrogen) atoms. The van der Waals surface area contributed by atoms with Crippen molar-refractivity contribution in [3.8, 4) is 0 Å². The zero-order chi connectivity index (χ0) is 26.0. The number of carboxylic acids is 1. The zero-order valence-electron chi connectivity index (χ0n) is 20.4. The maximum atomic E-state index is 13.5. The summed E-state index contributed by atoms with van der Waals surface area (Å²) in [6.45, 7) is 0.337. The van der Waals surface area contributed by atoms with E-state index in [0.717, 1.165) is 36.9 Å². The van der Waals surface area contributed by atoms with E-state index in [4.69, 9.17) is 10.8 Å². The molecule has 1 aliphatic carbocycles. The summed E-state index contributed by atoms with van der Waals surface area (Å²) in [5.74, 6) is -1.42. The lowest BCUT2D eigenvalue weighted by atomic mass is 9.71. The Morgan fingerprint density at radius 1 is 1.14 bits per heavy atom. The largest absolute Gasteiger partial charge is 0.481 e. The van der Waals surface area contributed by atoms with Crippen molar-refractivity contribution in [3.63, 3.8) is 0 Å². The number of halogens is 1. The Labute approximate surface area is 226 Å². The lowest BCUT2D eigenvalue weighted by Gasteiger charge is -2.42. The van der Waals surface area contributed by atoms with Crippen molar-refractivity contribution in [1.82, 2.24) is 15.6 Å². The Morgan fingerprint density at radius 2 is 1.89 bits per heavy atom. The van der Waals surface area contributed by atoms with E-state index in [0.29, 0.717) is 13.0 Å². The number of alkyl halides is 1. The Bertz CT molecular complexity index is 1010. The molecule has 1 aliphatic rings. The monoisotopic (exact) mass is 606 g/mol. The van der Waals surface area contributed by atoms with Crippen LogP contribution in [0.15, 0.2) is 54.7 Å². The van der Waals surface area contributed by atoms with Gasteiger partial charge in [0.05, 0.1) is 12.1 Å². The number of pyridine rings is 1. The zero-order valence-corrected chi connectivity index (χ0v) is 22.5. The van der Waals surface area contributed by atoms with E-state index < -0.39 is 17.4 Å². The van der Waals surface area contributed by atoms with E-state index in [9.17, 15) is 14.4 Å². The number of aromatic nitrogens is 1. The number of carboxylic acid groups (broad SMARTS) is 1. The van der Waals surface area contributed by atoms with Crippen LogP contribution in [-0.2, 0) is 20.8 Å². The molecule has 4 atom stereocenters. The van der Waals surface area contributed by atoms with Gasteiger partial charge in [-0.2, -0.15) is 0 Å². The second-order valence-corrected chi connectivity index (χ2v) is 11.1. The fourth-order valence-electron chi connectivity index (χ4n) is 4.76. The minimum absolute atomic E-state index is 0.0622. The normalized spacial score (nSPS) is 21.2. The molecular weight excluding hydrogens is 571 g/mol. The molecule has 0 radical (unpaired) electrons. The summed E-state index contributed by atoms with van der Waals surface area (Å²) in [4.78, 5) is 41.3. The van der Waals surface area contributed by atoms with Crippen molar-refractivity contribution in [2.75, 3.05) is 6.54 Å². The minimum Gasteiger partial charge on any atom is -0.481 e. The molecule has 1 saturated carbocycles. The van der Waals surface area contributed by atoms with Crippen LogP contribution in [0.5, 0.6) is 0 Å². The first-order valence-corrected chi connectivity index (χ1v) is 13.7. The van der Waals surface area contributed by atoms with Gasteiger partial charge in [-0.3, -0.25) is 19.4 Å². The van der Waals surface area contributed by atoms with Crippen molar-refractivity contribution >= 4 is 40.4 Å². The third kappa shape index (κ3) is 8.26. The average Bonchev–Trinajstić information content (AvgIpc) is 2.88. The third-order valence-corrected chi connectivity index (χ3v) is 8.80. The van der Waals surface area contributed by atoms with E-state index >= 15 is 0 Å². The molecule has 1 aromatic heterocycles. The van der Waals surface area contributed by atoms with Crippen LogP contribution in [0, 0.1) is 5.41 Å². The number of nitrogens with one attached hydrogen (secondary N) is 2. The number of rotatable bonds is 12. The number of nitrogens with two attached hydrogens (primary N) is 1. The average molecular weight is 607 g/mol. The van der Waals surface area contributed by atoms with Gasteiger partial charge in [-0.05, 0) is 37.0 Å². The standard InChI is InChI=1S/C27H35IN4O4/c28-23-11-4-6-14-27(23,18-31-26(36)21(29)12-13-25(34)35)17-24(33)32-22(19-8-2-1-3-9-19)16-20-10-5-7-15-30-20/h1-3,5,7-10,15,21-23H,4,6,11-14,16-18,29H2,(H,31,36)(H,32,33)(H,34,35). The van der Waals surface area contributed by atoms with Crippen LogP contribution >= 0.6 is 22.6 Å². The molecule has 1 fully saturated rings. The maximum Gasteiger partial charge on any atom is 0.303 e. The summed E-state index contributed by atoms with van der Waals surface area (Å²) in [5.41, 5.74) is 7.42. The van der Waals surface area contributed by atoms with Crippen LogP contribution in [0.1, 0.15) is 62.2 Å². The highest BCUT2D eigenvalue weighted by Gasteiger charge is 2.42. The molecule has 194 valence electrons. The van der Waals surface area contributed by atoms with Gasteiger partial charge in [-0.15, -0.1) is 0 Å². The van der Waals surface area contributed by atoms with Gasteiger partial charge in [0.25, 0.3) is 0 Å². The van der Waals surface area contributed by atoms with Gasteiger partial charge in [0.2, 0.25) is 11.8 Å². The number of hydrogen-bond acceptors (Lipinski definition) is 5. The van der Waals surface area contributed by atoms with Gasteiger partial charge in [-0.1, -0.05) is 71.8 Å². The second-order valence-electron chi connectivity index (χ2n) is 9.57. The smallest absolute Gasteiger partial charge is 0.303 e. The van der Waals surface area contributed by atoms with Crippen molar-refractivity contribution in [1.29, 1.82) is 0 Å². The molecule has 5 N–H and O–H groups in total. The van der Waals surface area contributed by atoms with Crippen molar-refractivity contribution in [2.24, 2.45) is 11.1 Å². The second kappa shape index (κ2) is 13.7. The molecule has 3 rings (SSSR count). The van der Waals surface area contributed by atoms with Crippen LogP contribution in [-0.4, -0.2) is 44.4 Å². The van der Waals surface area contributed by atoms with Gasteiger partial charge in [-0.25, -0.2) is 0 Å². The Kier molecular flexibility index (Phi) is 10.7. The highest BCUT2D eigenvalue weighted by atomic mass is 127. The quantitative estimate of drug-likeness (QED) is 0.216. The fraction of sp³-hybridized carbons (Fsp3) is 0.481. The molecule has 0 bridgehead atoms. The van der Waals surface area contributed by atoms with Crippen LogP contribution in [0.4, 0.5) is 0 Å². The van der Waals surface area contributed by atoms with Crippen LogP contribution in [0.2, 0.25) is 0 Å². The molecule has 0 saturated heterocycles. The molecule has 1 heterocycles. The first-order chi connectivity index (χ1) is 17.3. The number of carbonyl (C=O) groups is 3. The summed E-state index contributed by atoms with van der Waals surface area (Å²) in [6.07, 6.45) is 6.42. The number of carbonyl (C=O) groups excluding carboxylic acids is 2. The number of benzene rings is 1. The molecular formula is C27H35IN4O4. The van der Waals surface area contributed by atoms with Gasteiger partial charge >= 0.3 is 5.97 Å². The molecule has 9 heteroatoms. The number of nitrogens with zero attached hydrogens (tertiary/aromatic N) is 1. The molecule has 0 spiro atoms. The lowest BCUT2D eigenvalue weighted by Crippen LogP contribution is -2.51. The summed E-state index contributed by atoms with van der Waals surface area (Å²) in [7, 11) is 0. The highest BCUT2D eigenvalue weighted by molar-refractivity contribution is 14.1. The summed E-state index contributed by atoms with van der Waals surface area (Å²) in [6, 6.07) is 14.5. The molecule has 2 amide bonds. The molecule has 1 aromatic carbocycles. The Hall–Kier alpha value is -2.53. The molecule has 0 aliphatic heterocycles. The van der Waals surface area contributed by atoms with E-state index in [1.165, 1.54) is 0 Å². The third-order valence-electron chi connectivity index (χ3n) is 6.86. The van der Waals surface area contributed by atoms with Gasteiger partial charge in [0, 0.05) is 47.0 Å². The topological polar surface area (TPSA) is 134 Å². The minimum atomic E-state index is -0.982. The SMILES string of the molecule is NC(CCC(=O)O)C(=O)NCC1(CC(=O)NC(Cc2ccccn2)c2ccccc2)CCCCC1I. The fourth-order valence-corrected chi connectivity index (χ4v) is 5.95. The van der Waals surface area contributed by atoms with Gasteiger partial charge in [0.15, 0.2) is 0 Å². The van der Waals surface area contributed by atoms with E-state index in [1.807, 2.05) is 48.5 Å². The Balaban J connectivity index is 1.70.